The van der Waals surface area contributed by atoms with Crippen LogP contribution in [-0.4, -0.2) is 41.5 Å². The van der Waals surface area contributed by atoms with Gasteiger partial charge in [0.1, 0.15) is 0 Å². The topological polar surface area (TPSA) is 54.5 Å². The highest BCUT2D eigenvalue weighted by atomic mass is 79.9. The van der Waals surface area contributed by atoms with E-state index in [1.165, 1.54) is 11.1 Å². The molecule has 7 heteroatoms. The van der Waals surface area contributed by atoms with Gasteiger partial charge in [-0.05, 0) is 59.3 Å². The third kappa shape index (κ3) is 3.25. The van der Waals surface area contributed by atoms with E-state index in [1.54, 1.807) is 7.11 Å². The van der Waals surface area contributed by atoms with Gasteiger partial charge in [0.15, 0.2) is 0 Å². The summed E-state index contributed by atoms with van der Waals surface area (Å²) in [5.74, 6) is 0.876. The molecule has 29 heavy (non-hydrogen) atoms. The van der Waals surface area contributed by atoms with Crippen molar-refractivity contribution in [1.82, 2.24) is 15.2 Å². The van der Waals surface area contributed by atoms with E-state index in [1.807, 2.05) is 18.2 Å². The summed E-state index contributed by atoms with van der Waals surface area (Å²) in [6, 6.07) is 8.33. The fourth-order valence-corrected chi connectivity index (χ4v) is 5.78. The van der Waals surface area contributed by atoms with Crippen molar-refractivity contribution in [2.24, 2.45) is 0 Å². The van der Waals surface area contributed by atoms with Gasteiger partial charge in [0.05, 0.1) is 23.4 Å². The molecule has 1 aromatic carbocycles. The van der Waals surface area contributed by atoms with E-state index in [4.69, 9.17) is 21.3 Å². The zero-order valence-electron chi connectivity index (χ0n) is 16.3. The maximum Gasteiger partial charge on any atom is 0.220 e. The molecule has 2 fully saturated rings. The van der Waals surface area contributed by atoms with Gasteiger partial charge in [0.25, 0.3) is 0 Å². The van der Waals surface area contributed by atoms with Crippen LogP contribution in [0.4, 0.5) is 0 Å². The molecule has 2 aromatic rings. The van der Waals surface area contributed by atoms with Crippen molar-refractivity contribution in [2.45, 2.75) is 43.7 Å². The molecular weight excluding hydrogens is 454 g/mol. The molecule has 152 valence electrons. The summed E-state index contributed by atoms with van der Waals surface area (Å²) in [7, 11) is 1.69. The molecule has 0 radical (unpaired) electrons. The Morgan fingerprint density at radius 3 is 2.97 bits per heavy atom. The summed E-state index contributed by atoms with van der Waals surface area (Å²) >= 11 is 10.0. The maximum absolute atomic E-state index is 11.8. The second-order valence-corrected chi connectivity index (χ2v) is 9.53. The third-order valence-corrected chi connectivity index (χ3v) is 7.91. The number of pyridine rings is 1. The molecule has 3 heterocycles. The second kappa shape index (κ2) is 7.25. The summed E-state index contributed by atoms with van der Waals surface area (Å²) < 4.78 is 6.61. The molecule has 0 saturated carbocycles. The highest BCUT2D eigenvalue weighted by Crippen LogP contribution is 2.46. The van der Waals surface area contributed by atoms with E-state index < -0.39 is 0 Å². The number of halogens is 2. The van der Waals surface area contributed by atoms with Crippen LogP contribution in [-0.2, 0) is 11.2 Å². The number of nitrogens with zero attached hydrogens (tertiary/aromatic N) is 2. The van der Waals surface area contributed by atoms with Crippen LogP contribution < -0.4 is 10.1 Å². The van der Waals surface area contributed by atoms with Gasteiger partial charge in [-0.25, -0.2) is 4.98 Å². The van der Waals surface area contributed by atoms with Crippen LogP contribution in [0, 0.1) is 0 Å². The molecule has 2 unspecified atom stereocenters. The minimum Gasteiger partial charge on any atom is -0.481 e. The highest BCUT2D eigenvalue weighted by molar-refractivity contribution is 9.10. The van der Waals surface area contributed by atoms with Crippen molar-refractivity contribution >= 4 is 33.4 Å². The number of aryl methyl sites for hydroxylation is 1. The first-order chi connectivity index (χ1) is 14.0. The number of rotatable bonds is 3. The van der Waals surface area contributed by atoms with Gasteiger partial charge in [-0.15, -0.1) is 0 Å². The van der Waals surface area contributed by atoms with Gasteiger partial charge in [-0.1, -0.05) is 23.7 Å². The van der Waals surface area contributed by atoms with Crippen LogP contribution >= 0.6 is 27.5 Å². The lowest BCUT2D eigenvalue weighted by Gasteiger charge is -2.28. The Labute approximate surface area is 183 Å². The first-order valence-electron chi connectivity index (χ1n) is 10.1. The Balaban J connectivity index is 1.48. The zero-order valence-corrected chi connectivity index (χ0v) is 18.6. The number of fused-ring (bicyclic) bond motifs is 1. The number of aromatic nitrogens is 1. The lowest BCUT2D eigenvalue weighted by Crippen LogP contribution is -2.44. The van der Waals surface area contributed by atoms with Crippen LogP contribution in [0.1, 0.15) is 42.9 Å². The number of nitrogens with one attached hydrogen (secondary N) is 1. The van der Waals surface area contributed by atoms with Gasteiger partial charge in [0, 0.05) is 41.2 Å². The first kappa shape index (κ1) is 19.3. The van der Waals surface area contributed by atoms with Gasteiger partial charge in [0.2, 0.25) is 11.8 Å². The number of carbonyl (C=O) groups is 1. The molecule has 5 nitrogen and oxygen atoms in total. The van der Waals surface area contributed by atoms with E-state index in [-0.39, 0.29) is 17.5 Å². The minimum atomic E-state index is -0.0374. The lowest BCUT2D eigenvalue weighted by molar-refractivity contribution is -0.119. The Bertz CT molecular complexity index is 998. The molecule has 5 rings (SSSR count). The largest absolute Gasteiger partial charge is 0.481 e. The van der Waals surface area contributed by atoms with E-state index in [0.717, 1.165) is 54.5 Å². The summed E-state index contributed by atoms with van der Waals surface area (Å²) in [6.45, 7) is 1.90. The first-order valence-corrected chi connectivity index (χ1v) is 11.2. The Morgan fingerprint density at radius 2 is 2.21 bits per heavy atom. The zero-order chi connectivity index (χ0) is 20.2. The van der Waals surface area contributed by atoms with Crippen LogP contribution in [0.15, 0.2) is 28.7 Å². The number of hydrogen-bond donors (Lipinski definition) is 1. The minimum absolute atomic E-state index is 0.0374. The SMILES string of the molecule is COc1nc(-c2cccc(Br)c2Cl)cc2c1C(N1CCC3(CCC(=O)N3)C1)CC2. The van der Waals surface area contributed by atoms with Crippen molar-refractivity contribution in [3.63, 3.8) is 0 Å². The Kier molecular flexibility index (Phi) is 4.84. The fraction of sp³-hybridized carbons (Fsp3) is 0.455. The van der Waals surface area contributed by atoms with Crippen LogP contribution in [0.5, 0.6) is 5.88 Å². The monoisotopic (exact) mass is 475 g/mol. The van der Waals surface area contributed by atoms with E-state index in [0.29, 0.717) is 17.3 Å². The van der Waals surface area contributed by atoms with Crippen LogP contribution in [0.3, 0.4) is 0 Å². The van der Waals surface area contributed by atoms with E-state index in [9.17, 15) is 4.79 Å². The number of ether oxygens (including phenoxy) is 1. The molecule has 2 atom stereocenters. The molecule has 2 saturated heterocycles. The van der Waals surface area contributed by atoms with Crippen molar-refractivity contribution < 1.29 is 9.53 Å². The molecular formula is C22H23BrClN3O2. The van der Waals surface area contributed by atoms with Gasteiger partial charge >= 0.3 is 0 Å². The average Bonchev–Trinajstić information content (AvgIpc) is 3.42. The van der Waals surface area contributed by atoms with Crippen LogP contribution in [0.25, 0.3) is 11.3 Å². The number of likely N-dealkylation sites (tertiary alicyclic amines) is 1. The van der Waals surface area contributed by atoms with Crippen molar-refractivity contribution in [3.05, 3.63) is 44.9 Å². The number of benzene rings is 1. The Hall–Kier alpha value is -1.63. The molecule has 1 aliphatic carbocycles. The average molecular weight is 477 g/mol. The maximum atomic E-state index is 11.8. The summed E-state index contributed by atoms with van der Waals surface area (Å²) in [5, 5.41) is 3.89. The van der Waals surface area contributed by atoms with Crippen molar-refractivity contribution in [3.8, 4) is 17.1 Å². The normalized spacial score (nSPS) is 26.2. The highest BCUT2D eigenvalue weighted by Gasteiger charge is 2.46. The summed E-state index contributed by atoms with van der Waals surface area (Å²) in [6.07, 6.45) is 4.65. The quantitative estimate of drug-likeness (QED) is 0.708. The molecule has 1 amide bonds. The lowest BCUT2D eigenvalue weighted by atomic mass is 9.97. The summed E-state index contributed by atoms with van der Waals surface area (Å²) in [5.41, 5.74) is 4.19. The molecule has 1 spiro atoms. The smallest absolute Gasteiger partial charge is 0.220 e. The van der Waals surface area contributed by atoms with Gasteiger partial charge in [-0.2, -0.15) is 0 Å². The molecule has 3 aliphatic rings. The number of methoxy groups -OCH3 is 1. The fourth-order valence-electron chi connectivity index (χ4n) is 5.19. The van der Waals surface area contributed by atoms with E-state index >= 15 is 0 Å². The molecule has 1 N–H and O–H groups in total. The molecule has 1 aromatic heterocycles. The second-order valence-electron chi connectivity index (χ2n) is 8.29. The standard InChI is InChI=1S/C22H23BrClN3O2/c1-29-21-19-13(11-16(25-21)14-3-2-4-15(23)20(14)24)5-6-17(19)27-10-9-22(12-27)8-7-18(28)26-22/h2-4,11,17H,5-10,12H2,1H3,(H,26,28). The number of carbonyl (C=O) groups excluding carboxylic acids is 1. The van der Waals surface area contributed by atoms with E-state index in [2.05, 4.69) is 32.2 Å². The Morgan fingerprint density at radius 1 is 1.34 bits per heavy atom. The number of amides is 1. The van der Waals surface area contributed by atoms with Crippen LogP contribution in [0.2, 0.25) is 5.02 Å². The molecule has 0 bridgehead atoms. The predicted octanol–water partition coefficient (Wildman–Crippen LogP) is 4.51. The number of hydrogen-bond acceptors (Lipinski definition) is 4. The molecule has 2 aliphatic heterocycles. The van der Waals surface area contributed by atoms with Gasteiger partial charge in [-0.3, -0.25) is 9.69 Å². The van der Waals surface area contributed by atoms with Crippen molar-refractivity contribution in [1.29, 1.82) is 0 Å². The van der Waals surface area contributed by atoms with Gasteiger partial charge < -0.3 is 10.1 Å². The predicted molar refractivity (Wildman–Crippen MR) is 116 cm³/mol. The van der Waals surface area contributed by atoms with Crippen molar-refractivity contribution in [2.75, 3.05) is 20.2 Å². The summed E-state index contributed by atoms with van der Waals surface area (Å²) in [4.78, 5) is 19.1. The third-order valence-electron chi connectivity index (χ3n) is 6.61.